The predicted molar refractivity (Wildman–Crippen MR) is 87.7 cm³/mol. The molecule has 22 heavy (non-hydrogen) atoms. The molecule has 0 fully saturated rings. The molecule has 0 amide bonds. The van der Waals surface area contributed by atoms with Gasteiger partial charge in [-0.1, -0.05) is 11.6 Å². The number of anilines is 1. The van der Waals surface area contributed by atoms with E-state index in [1.54, 1.807) is 12.1 Å². The molecule has 0 atom stereocenters. The fraction of sp³-hybridized carbons (Fsp3) is 0.500. The summed E-state index contributed by atoms with van der Waals surface area (Å²) >= 11 is 5.99. The number of sulfonamides is 2. The van der Waals surface area contributed by atoms with E-state index in [-0.39, 0.29) is 23.9 Å². The van der Waals surface area contributed by atoms with Crippen LogP contribution in [0.2, 0.25) is 5.02 Å². The third kappa shape index (κ3) is 5.31. The van der Waals surface area contributed by atoms with Gasteiger partial charge in [-0.2, -0.15) is 0 Å². The van der Waals surface area contributed by atoms with Gasteiger partial charge >= 0.3 is 0 Å². The van der Waals surface area contributed by atoms with Crippen LogP contribution in [-0.2, 0) is 20.0 Å². The van der Waals surface area contributed by atoms with E-state index in [4.69, 9.17) is 16.3 Å². The van der Waals surface area contributed by atoms with Crippen molar-refractivity contribution < 1.29 is 21.6 Å². The van der Waals surface area contributed by atoms with Gasteiger partial charge in [-0.05, 0) is 25.1 Å². The summed E-state index contributed by atoms with van der Waals surface area (Å²) in [5, 5.41) is 0.266. The fourth-order valence-corrected chi connectivity index (χ4v) is 3.48. The summed E-state index contributed by atoms with van der Waals surface area (Å²) in [5.74, 6) is 0.353. The molecule has 10 heteroatoms. The second-order valence-corrected chi connectivity index (χ2v) is 8.86. The SMILES string of the molecule is CCS(=O)(=O)NCCN(c1ccc(OC)c(Cl)c1)S(C)(=O)=O. The van der Waals surface area contributed by atoms with Crippen LogP contribution in [0.5, 0.6) is 5.75 Å². The van der Waals surface area contributed by atoms with Crippen LogP contribution in [0.25, 0.3) is 0 Å². The van der Waals surface area contributed by atoms with Crippen molar-refractivity contribution >= 4 is 37.3 Å². The van der Waals surface area contributed by atoms with Gasteiger partial charge in [0.15, 0.2) is 0 Å². The summed E-state index contributed by atoms with van der Waals surface area (Å²) in [6.07, 6.45) is 1.04. The maximum absolute atomic E-state index is 11.9. The Kier molecular flexibility index (Phi) is 6.48. The average molecular weight is 371 g/mol. The first-order valence-corrected chi connectivity index (χ1v) is 10.3. The second-order valence-electron chi connectivity index (χ2n) is 4.45. The van der Waals surface area contributed by atoms with Gasteiger partial charge in [-0.25, -0.2) is 21.6 Å². The summed E-state index contributed by atoms with van der Waals surface area (Å²) in [6, 6.07) is 4.54. The summed E-state index contributed by atoms with van der Waals surface area (Å²) in [6.45, 7) is 1.42. The van der Waals surface area contributed by atoms with Crippen LogP contribution >= 0.6 is 11.6 Å². The Bertz CT molecular complexity index is 719. The highest BCUT2D eigenvalue weighted by Gasteiger charge is 2.19. The number of ether oxygens (including phenoxy) is 1. The standard InChI is InChI=1S/C12H19ClN2O5S2/c1-4-22(18,19)14-7-8-15(21(3,16)17)10-5-6-12(20-2)11(13)9-10/h5-6,9,14H,4,7-8H2,1-3H3. The van der Waals surface area contributed by atoms with Crippen molar-refractivity contribution in [2.24, 2.45) is 0 Å². The lowest BCUT2D eigenvalue weighted by molar-refractivity contribution is 0.415. The lowest BCUT2D eigenvalue weighted by Gasteiger charge is -2.23. The van der Waals surface area contributed by atoms with E-state index < -0.39 is 20.0 Å². The van der Waals surface area contributed by atoms with Gasteiger partial charge in [-0.15, -0.1) is 0 Å². The Balaban J connectivity index is 2.98. The van der Waals surface area contributed by atoms with Gasteiger partial charge in [0.25, 0.3) is 0 Å². The normalized spacial score (nSPS) is 12.2. The smallest absolute Gasteiger partial charge is 0.232 e. The number of nitrogens with zero attached hydrogens (tertiary/aromatic N) is 1. The van der Waals surface area contributed by atoms with Crippen LogP contribution in [0.1, 0.15) is 6.92 Å². The third-order valence-corrected chi connectivity index (χ3v) is 5.73. The summed E-state index contributed by atoms with van der Waals surface area (Å²) in [4.78, 5) is 0. The molecule has 0 aromatic heterocycles. The Morgan fingerprint density at radius 1 is 1.27 bits per heavy atom. The minimum absolute atomic E-state index is 0.0348. The molecule has 126 valence electrons. The molecular formula is C12H19ClN2O5S2. The summed E-state index contributed by atoms with van der Waals surface area (Å²) in [5.41, 5.74) is 0.337. The zero-order chi connectivity index (χ0) is 17.0. The maximum atomic E-state index is 11.9. The van der Waals surface area contributed by atoms with Crippen molar-refractivity contribution in [2.75, 3.05) is 36.5 Å². The molecule has 1 aromatic rings. The molecule has 0 saturated heterocycles. The van der Waals surface area contributed by atoms with Crippen molar-refractivity contribution in [3.8, 4) is 5.75 Å². The minimum Gasteiger partial charge on any atom is -0.495 e. The molecule has 0 spiro atoms. The third-order valence-electron chi connectivity index (χ3n) is 2.84. The van der Waals surface area contributed by atoms with Crippen molar-refractivity contribution in [3.05, 3.63) is 23.2 Å². The van der Waals surface area contributed by atoms with Crippen LogP contribution < -0.4 is 13.8 Å². The fourth-order valence-electron chi connectivity index (χ4n) is 1.70. The number of rotatable bonds is 8. The van der Waals surface area contributed by atoms with E-state index in [1.165, 1.54) is 20.1 Å². The first-order valence-electron chi connectivity index (χ1n) is 6.39. The van der Waals surface area contributed by atoms with E-state index in [0.717, 1.165) is 10.6 Å². The Morgan fingerprint density at radius 3 is 2.36 bits per heavy atom. The van der Waals surface area contributed by atoms with Gasteiger partial charge in [0, 0.05) is 13.1 Å². The molecule has 0 saturated carbocycles. The van der Waals surface area contributed by atoms with E-state index in [2.05, 4.69) is 4.72 Å². The van der Waals surface area contributed by atoms with Crippen LogP contribution in [-0.4, -0.2) is 49.0 Å². The van der Waals surface area contributed by atoms with Crippen LogP contribution in [0, 0.1) is 0 Å². The zero-order valence-corrected chi connectivity index (χ0v) is 14.9. The topological polar surface area (TPSA) is 92.8 Å². The zero-order valence-electron chi connectivity index (χ0n) is 12.5. The van der Waals surface area contributed by atoms with Crippen LogP contribution in [0.15, 0.2) is 18.2 Å². The van der Waals surface area contributed by atoms with E-state index >= 15 is 0 Å². The van der Waals surface area contributed by atoms with Crippen LogP contribution in [0.4, 0.5) is 5.69 Å². The highest BCUT2D eigenvalue weighted by Crippen LogP contribution is 2.29. The van der Waals surface area contributed by atoms with Crippen molar-refractivity contribution in [2.45, 2.75) is 6.92 Å². The molecule has 0 heterocycles. The number of methoxy groups -OCH3 is 1. The highest BCUT2D eigenvalue weighted by molar-refractivity contribution is 7.92. The Morgan fingerprint density at radius 2 is 1.91 bits per heavy atom. The monoisotopic (exact) mass is 370 g/mol. The Hall–Kier alpha value is -1.03. The predicted octanol–water partition coefficient (Wildman–Crippen LogP) is 1.05. The second kappa shape index (κ2) is 7.49. The number of nitrogens with one attached hydrogen (secondary N) is 1. The minimum atomic E-state index is -3.58. The van der Waals surface area contributed by atoms with Gasteiger partial charge in [-0.3, -0.25) is 4.31 Å². The summed E-state index contributed by atoms with van der Waals surface area (Å²) < 4.78 is 55.0. The molecule has 7 nitrogen and oxygen atoms in total. The number of hydrogen-bond acceptors (Lipinski definition) is 5. The van der Waals surface area contributed by atoms with Gasteiger partial charge in [0.2, 0.25) is 20.0 Å². The van der Waals surface area contributed by atoms with Crippen molar-refractivity contribution in [3.63, 3.8) is 0 Å². The molecule has 0 bridgehead atoms. The largest absolute Gasteiger partial charge is 0.495 e. The van der Waals surface area contributed by atoms with Crippen LogP contribution in [0.3, 0.4) is 0 Å². The molecular weight excluding hydrogens is 352 g/mol. The lowest BCUT2D eigenvalue weighted by atomic mass is 10.3. The molecule has 0 radical (unpaired) electrons. The van der Waals surface area contributed by atoms with Crippen molar-refractivity contribution in [1.29, 1.82) is 0 Å². The van der Waals surface area contributed by atoms with E-state index in [0.29, 0.717) is 11.4 Å². The van der Waals surface area contributed by atoms with Gasteiger partial charge < -0.3 is 4.74 Å². The van der Waals surface area contributed by atoms with Gasteiger partial charge in [0.1, 0.15) is 5.75 Å². The molecule has 0 unspecified atom stereocenters. The first kappa shape index (κ1) is 19.0. The van der Waals surface area contributed by atoms with E-state index in [1.807, 2.05) is 0 Å². The number of benzene rings is 1. The maximum Gasteiger partial charge on any atom is 0.232 e. The molecule has 0 aliphatic carbocycles. The first-order chi connectivity index (χ1) is 10.1. The molecule has 0 aliphatic heterocycles. The highest BCUT2D eigenvalue weighted by atomic mass is 35.5. The number of hydrogen-bond donors (Lipinski definition) is 1. The molecule has 0 aliphatic rings. The molecule has 1 N–H and O–H groups in total. The summed E-state index contributed by atoms with van der Waals surface area (Å²) in [7, 11) is -5.51. The molecule has 1 rings (SSSR count). The Labute approximate surface area is 136 Å². The van der Waals surface area contributed by atoms with Crippen molar-refractivity contribution in [1.82, 2.24) is 4.72 Å². The number of halogens is 1. The van der Waals surface area contributed by atoms with Gasteiger partial charge in [0.05, 0.1) is 29.8 Å². The quantitative estimate of drug-likeness (QED) is 0.738. The lowest BCUT2D eigenvalue weighted by Crippen LogP contribution is -2.38. The van der Waals surface area contributed by atoms with E-state index in [9.17, 15) is 16.8 Å². The average Bonchev–Trinajstić information content (AvgIpc) is 2.42. The molecule has 1 aromatic carbocycles.